The number of carbonyl (C=O) groups excluding carboxylic acids is 4. The van der Waals surface area contributed by atoms with E-state index in [9.17, 15) is 45.5 Å². The third kappa shape index (κ3) is 12.3. The number of nitrogens with one attached hydrogen (secondary N) is 4. The molecule has 0 saturated heterocycles. The van der Waals surface area contributed by atoms with Crippen LogP contribution >= 0.6 is 0 Å². The summed E-state index contributed by atoms with van der Waals surface area (Å²) >= 11 is 0. The van der Waals surface area contributed by atoms with E-state index in [4.69, 9.17) is 0 Å². The van der Waals surface area contributed by atoms with Crippen molar-refractivity contribution in [3.05, 3.63) is 119 Å². The molecule has 0 aliphatic carbocycles. The molecule has 8 nitrogen and oxygen atoms in total. The third-order valence-corrected chi connectivity index (χ3v) is 7.56. The van der Waals surface area contributed by atoms with Gasteiger partial charge in [0, 0.05) is 46.7 Å². The fraction of sp³-hybridized carbons (Fsp3) is 0.243. The lowest BCUT2D eigenvalue weighted by Crippen LogP contribution is -2.14. The Balaban J connectivity index is 1.08. The molecule has 0 atom stereocenters. The van der Waals surface area contributed by atoms with E-state index in [1.165, 1.54) is 72.8 Å². The monoisotopic (exact) mass is 712 g/mol. The van der Waals surface area contributed by atoms with E-state index in [0.29, 0.717) is 24.2 Å². The fourth-order valence-corrected chi connectivity index (χ4v) is 4.91. The summed E-state index contributed by atoms with van der Waals surface area (Å²) in [5.41, 5.74) is -0.398. The summed E-state index contributed by atoms with van der Waals surface area (Å²) in [6, 6.07) is 20.5. The Morgan fingerprint density at radius 1 is 0.431 bits per heavy atom. The molecule has 4 N–H and O–H groups in total. The van der Waals surface area contributed by atoms with Crippen molar-refractivity contribution in [3.8, 4) is 0 Å². The van der Waals surface area contributed by atoms with Crippen molar-refractivity contribution in [3.63, 3.8) is 0 Å². The molecule has 4 aromatic carbocycles. The number of rotatable bonds is 14. The van der Waals surface area contributed by atoms with Crippen LogP contribution < -0.4 is 21.3 Å². The van der Waals surface area contributed by atoms with E-state index in [1.807, 2.05) is 0 Å². The Morgan fingerprint density at radius 2 is 0.784 bits per heavy atom. The van der Waals surface area contributed by atoms with E-state index < -0.39 is 35.3 Å². The van der Waals surface area contributed by atoms with Crippen molar-refractivity contribution in [1.82, 2.24) is 0 Å². The van der Waals surface area contributed by atoms with Crippen molar-refractivity contribution in [1.29, 1.82) is 0 Å². The van der Waals surface area contributed by atoms with E-state index in [2.05, 4.69) is 21.3 Å². The lowest BCUT2D eigenvalue weighted by atomic mass is 10.1. The quantitative estimate of drug-likeness (QED) is 0.0770. The molecule has 0 fully saturated rings. The van der Waals surface area contributed by atoms with Crippen LogP contribution in [0.5, 0.6) is 0 Å². The highest BCUT2D eigenvalue weighted by Gasteiger charge is 2.31. The second kappa shape index (κ2) is 17.3. The van der Waals surface area contributed by atoms with Gasteiger partial charge in [-0.1, -0.05) is 31.4 Å². The van der Waals surface area contributed by atoms with Gasteiger partial charge in [-0.25, -0.2) is 0 Å². The number of unbranched alkanes of at least 4 members (excludes halogenated alkanes) is 4. The van der Waals surface area contributed by atoms with Crippen LogP contribution in [0.2, 0.25) is 0 Å². The SMILES string of the molecule is O=C(CCCCCCCC(=O)Nc1ccc(C(=O)Nc2cccc(C(F)(F)F)c2)cc1)Nc1ccc(C(=O)Nc2cccc(C(F)(F)F)c2)cc1. The number of amides is 4. The van der Waals surface area contributed by atoms with E-state index in [1.54, 1.807) is 0 Å². The van der Waals surface area contributed by atoms with Crippen LogP contribution in [0, 0.1) is 0 Å². The molecule has 4 rings (SSSR count). The lowest BCUT2D eigenvalue weighted by Gasteiger charge is -2.10. The third-order valence-electron chi connectivity index (χ3n) is 7.56. The average molecular weight is 713 g/mol. The van der Waals surface area contributed by atoms with Gasteiger partial charge in [0.1, 0.15) is 0 Å². The minimum Gasteiger partial charge on any atom is -0.326 e. The predicted octanol–water partition coefficient (Wildman–Crippen LogP) is 9.54. The molecule has 0 unspecified atom stereocenters. The minimum absolute atomic E-state index is 0.00555. The number of alkyl halides is 6. The molecule has 0 bridgehead atoms. The standard InChI is InChI=1S/C37H34F6N4O4/c38-36(39,40)26-8-6-10-30(22-26)46-34(50)24-14-18-28(19-15-24)44-32(48)12-4-2-1-3-5-13-33(49)45-29-20-16-25(17-21-29)35(51)47-31-11-7-9-27(23-31)37(41,42)43/h6-11,14-23H,1-5,12-13H2,(H,44,48)(H,45,49)(H,46,50)(H,47,51). The fourth-order valence-electron chi connectivity index (χ4n) is 4.91. The van der Waals surface area contributed by atoms with E-state index in [-0.39, 0.29) is 47.2 Å². The summed E-state index contributed by atoms with van der Waals surface area (Å²) in [6.45, 7) is 0. The van der Waals surface area contributed by atoms with Crippen molar-refractivity contribution >= 4 is 46.4 Å². The van der Waals surface area contributed by atoms with Gasteiger partial charge in [-0.3, -0.25) is 19.2 Å². The van der Waals surface area contributed by atoms with Gasteiger partial charge in [0.25, 0.3) is 11.8 Å². The van der Waals surface area contributed by atoms with Gasteiger partial charge in [-0.05, 0) is 97.8 Å². The van der Waals surface area contributed by atoms with Crippen LogP contribution in [0.1, 0.15) is 76.8 Å². The Kier molecular flexibility index (Phi) is 13.0. The first-order valence-electron chi connectivity index (χ1n) is 15.9. The summed E-state index contributed by atoms with van der Waals surface area (Å²) in [7, 11) is 0. The smallest absolute Gasteiger partial charge is 0.326 e. The highest BCUT2D eigenvalue weighted by Crippen LogP contribution is 2.32. The topological polar surface area (TPSA) is 116 Å². The van der Waals surface area contributed by atoms with Crippen molar-refractivity contribution in [2.24, 2.45) is 0 Å². The number of hydrogen-bond acceptors (Lipinski definition) is 4. The van der Waals surface area contributed by atoms with Crippen molar-refractivity contribution < 1.29 is 45.5 Å². The lowest BCUT2D eigenvalue weighted by molar-refractivity contribution is -0.138. The maximum atomic E-state index is 12.9. The number of carbonyl (C=O) groups is 4. The molecule has 268 valence electrons. The molecule has 0 spiro atoms. The molecular weight excluding hydrogens is 678 g/mol. The molecule has 4 aromatic rings. The van der Waals surface area contributed by atoms with Crippen molar-refractivity contribution in [2.45, 2.75) is 57.3 Å². The number of halogens is 6. The largest absolute Gasteiger partial charge is 0.416 e. The second-order valence-electron chi connectivity index (χ2n) is 11.6. The molecule has 0 heterocycles. The van der Waals surface area contributed by atoms with Gasteiger partial charge in [-0.2, -0.15) is 26.3 Å². The van der Waals surface area contributed by atoms with Crippen molar-refractivity contribution in [2.75, 3.05) is 21.3 Å². The van der Waals surface area contributed by atoms with Gasteiger partial charge < -0.3 is 21.3 Å². The Bertz CT molecular complexity index is 1690. The Morgan fingerprint density at radius 3 is 1.14 bits per heavy atom. The summed E-state index contributed by atoms with van der Waals surface area (Å²) in [6.07, 6.45) is -4.91. The summed E-state index contributed by atoms with van der Waals surface area (Å²) in [4.78, 5) is 49.6. The minimum atomic E-state index is -4.53. The molecule has 14 heteroatoms. The molecule has 0 radical (unpaired) electrons. The van der Waals surface area contributed by atoms with Crippen LogP contribution in [0.3, 0.4) is 0 Å². The number of hydrogen-bond donors (Lipinski definition) is 4. The van der Waals surface area contributed by atoms with Gasteiger partial charge in [0.15, 0.2) is 0 Å². The highest BCUT2D eigenvalue weighted by atomic mass is 19.4. The molecule has 0 aromatic heterocycles. The highest BCUT2D eigenvalue weighted by molar-refractivity contribution is 6.05. The average Bonchev–Trinajstić information content (AvgIpc) is 3.08. The molecule has 0 aliphatic rings. The van der Waals surface area contributed by atoms with Gasteiger partial charge >= 0.3 is 12.4 Å². The zero-order valence-corrected chi connectivity index (χ0v) is 27.1. The molecule has 51 heavy (non-hydrogen) atoms. The van der Waals surface area contributed by atoms with Crippen LogP contribution in [-0.4, -0.2) is 23.6 Å². The van der Waals surface area contributed by atoms with Gasteiger partial charge in [0.2, 0.25) is 11.8 Å². The molecule has 0 aliphatic heterocycles. The first-order chi connectivity index (χ1) is 24.2. The number of benzene rings is 4. The Labute approximate surface area is 289 Å². The normalized spacial score (nSPS) is 11.4. The summed E-state index contributed by atoms with van der Waals surface area (Å²) in [5, 5.41) is 10.3. The molecular formula is C37H34F6N4O4. The summed E-state index contributed by atoms with van der Waals surface area (Å²) < 4.78 is 77.5. The van der Waals surface area contributed by atoms with Crippen LogP contribution in [0.4, 0.5) is 49.1 Å². The first-order valence-corrected chi connectivity index (χ1v) is 15.9. The van der Waals surface area contributed by atoms with Crippen LogP contribution in [0.15, 0.2) is 97.1 Å². The maximum absolute atomic E-state index is 12.9. The van der Waals surface area contributed by atoms with Crippen LogP contribution in [0.25, 0.3) is 0 Å². The van der Waals surface area contributed by atoms with Gasteiger partial charge in [-0.15, -0.1) is 0 Å². The molecule has 4 amide bonds. The first kappa shape index (κ1) is 38.1. The Hall–Kier alpha value is -5.66. The predicted molar refractivity (Wildman–Crippen MR) is 181 cm³/mol. The van der Waals surface area contributed by atoms with E-state index >= 15 is 0 Å². The van der Waals surface area contributed by atoms with E-state index in [0.717, 1.165) is 43.5 Å². The second-order valence-corrected chi connectivity index (χ2v) is 11.6. The summed E-state index contributed by atoms with van der Waals surface area (Å²) in [5.74, 6) is -1.62. The zero-order chi connectivity index (χ0) is 37.0. The maximum Gasteiger partial charge on any atom is 0.416 e. The van der Waals surface area contributed by atoms with Gasteiger partial charge in [0.05, 0.1) is 11.1 Å². The zero-order valence-electron chi connectivity index (χ0n) is 27.1. The van der Waals surface area contributed by atoms with Crippen LogP contribution in [-0.2, 0) is 21.9 Å². The molecule has 0 saturated carbocycles. The number of anilines is 4.